The normalized spacial score (nSPS) is 32.8. The Balaban J connectivity index is 1.32. The second-order valence-electron chi connectivity index (χ2n) is 23.9. The number of hydrogen-bond donors (Lipinski definition) is 0. The van der Waals surface area contributed by atoms with E-state index in [1.54, 1.807) is 0 Å². The van der Waals surface area contributed by atoms with Crippen LogP contribution in [0.25, 0.3) is 0 Å². The lowest BCUT2D eigenvalue weighted by Gasteiger charge is -2.60. The van der Waals surface area contributed by atoms with Gasteiger partial charge in [-0.3, -0.25) is 0 Å². The number of rotatable bonds is 16. The van der Waals surface area contributed by atoms with Crippen LogP contribution in [0.1, 0.15) is 13.8 Å². The molecule has 18 nitrogen and oxygen atoms in total. The SMILES string of the molecule is CC(C)O[Si](C)(C)O[Si]1(C)O[Si]2(c3ccccc3)O[Si]3(c4ccccc4)O[Si]4(c5ccccc5)O[Si](C)(O[Si](C)(C)O[SiH](C)C)O[Si]5(c6ccccc6)O[Si](c6ccccc6)(O[Si](c6ccccc6)(O1)O[Si](c1ccccc1)(O5)O[Si](c1ccccc1)(O2)O4)O3. The largest absolute Gasteiger partial charge is 0.515 e. The Bertz CT molecular complexity index is 3280. The molecule has 0 aromatic heterocycles. The van der Waals surface area contributed by atoms with Crippen molar-refractivity contribution in [3.63, 3.8) is 0 Å². The van der Waals surface area contributed by atoms with Crippen LogP contribution in [-0.2, 0) is 74.4 Å². The van der Waals surface area contributed by atoms with Gasteiger partial charge in [-0.25, -0.2) is 0 Å². The minimum Gasteiger partial charge on any atom is -0.439 e. The van der Waals surface area contributed by atoms with Gasteiger partial charge < -0.3 is 74.4 Å². The van der Waals surface area contributed by atoms with Crippen molar-refractivity contribution in [1.82, 2.24) is 0 Å². The molecule has 6 saturated heterocycles. The topological polar surface area (TPSA) is 166 Å². The van der Waals surface area contributed by atoms with E-state index in [0.29, 0.717) is 41.5 Å². The molecule has 468 valence electrons. The molecule has 0 amide bonds. The van der Waals surface area contributed by atoms with Gasteiger partial charge in [0.15, 0.2) is 9.04 Å². The Kier molecular flexibility index (Phi) is 17.6. The smallest absolute Gasteiger partial charge is 0.439 e. The molecule has 8 aromatic carbocycles. The van der Waals surface area contributed by atoms with E-state index in [9.17, 15) is 0 Å². The molecule has 6 aliphatic rings. The van der Waals surface area contributed by atoms with E-state index in [0.717, 1.165) is 0 Å². The molecule has 31 heteroatoms. The third-order valence-corrected chi connectivity index (χ3v) is 67.0. The fraction of sp³-hybridized carbons (Fsp3) is 0.186. The first kappa shape index (κ1) is 64.6. The Morgan fingerprint density at radius 1 is 0.278 bits per heavy atom. The minimum absolute atomic E-state index is 0.285. The van der Waals surface area contributed by atoms with Crippen LogP contribution in [-0.4, -0.2) is 120 Å². The molecule has 8 aromatic rings. The van der Waals surface area contributed by atoms with Crippen LogP contribution in [0, 0.1) is 0 Å². The molecule has 0 N–H and O–H groups in total. The maximum Gasteiger partial charge on any atom is 0.515 e. The predicted octanol–water partition coefficient (Wildman–Crippen LogP) is 6.05. The molecule has 8 bridgehead atoms. The van der Waals surface area contributed by atoms with E-state index in [-0.39, 0.29) is 6.10 Å². The van der Waals surface area contributed by atoms with Crippen molar-refractivity contribution in [1.29, 1.82) is 0 Å². The van der Waals surface area contributed by atoms with Gasteiger partial charge in [0.25, 0.3) is 0 Å². The third-order valence-electron chi connectivity index (χ3n) is 14.9. The lowest BCUT2D eigenvalue weighted by Crippen LogP contribution is -2.93. The first-order valence-electron chi connectivity index (χ1n) is 30.0. The standard InChI is InChI=1S/C59H72O18Si13/c1-51(2)60-79(5,6)62-81(9)64-83(52-35-19-11-20-36-52)68-87(56-43-27-15-28-44-56)72-85(54-39-23-13-24-40-54)66-82(10,63-80(7,8)61-78(3)4)67-86(55-41-25-14-26-42-55)74-89(76-87,58-47-31-17-32-48-58)70-84(65-81,53-37-21-12-22-38-53)71-90(75-86,59-49-33-18-34-50-59)77-88(69-83,73-85)57-45-29-16-30-46-57/h11-51,78H,1-10H3. The average molecular weight is 1430 g/mol. The third kappa shape index (κ3) is 12.6. The zero-order chi connectivity index (χ0) is 62.8. The highest BCUT2D eigenvalue weighted by Gasteiger charge is 2.84. The fourth-order valence-electron chi connectivity index (χ4n) is 12.0. The van der Waals surface area contributed by atoms with Gasteiger partial charge in [0, 0.05) is 60.7 Å². The molecule has 0 aliphatic carbocycles. The molecule has 0 saturated carbocycles. The lowest BCUT2D eigenvalue weighted by molar-refractivity contribution is 0.0126. The van der Waals surface area contributed by atoms with Crippen LogP contribution >= 0.6 is 0 Å². The van der Waals surface area contributed by atoms with Crippen LogP contribution in [0.15, 0.2) is 243 Å². The molecule has 0 radical (unpaired) electrons. The van der Waals surface area contributed by atoms with E-state index >= 15 is 0 Å². The maximum absolute atomic E-state index is 8.59. The van der Waals surface area contributed by atoms with E-state index in [1.807, 2.05) is 296 Å². The van der Waals surface area contributed by atoms with Gasteiger partial charge in [0.05, 0.1) is 0 Å². The monoisotopic (exact) mass is 1430 g/mol. The summed E-state index contributed by atoms with van der Waals surface area (Å²) in [6.07, 6.45) is -0.285. The van der Waals surface area contributed by atoms with Crippen molar-refractivity contribution in [2.24, 2.45) is 0 Å². The zero-order valence-corrected chi connectivity index (χ0v) is 64.8. The van der Waals surface area contributed by atoms with E-state index in [1.165, 1.54) is 0 Å². The Labute approximate surface area is 541 Å². The van der Waals surface area contributed by atoms with Crippen molar-refractivity contribution in [3.05, 3.63) is 243 Å². The quantitative estimate of drug-likeness (QED) is 0.103. The second kappa shape index (κ2) is 24.6. The van der Waals surface area contributed by atoms with Gasteiger partial charge in [-0.2, -0.15) is 0 Å². The van der Waals surface area contributed by atoms with Crippen molar-refractivity contribution in [3.8, 4) is 0 Å². The summed E-state index contributed by atoms with van der Waals surface area (Å²) in [7, 11) is -60.5. The summed E-state index contributed by atoms with van der Waals surface area (Å²) < 4.78 is 148. The molecular formula is C59H72O18Si13. The summed E-state index contributed by atoms with van der Waals surface area (Å²) in [6.45, 7) is 19.7. The van der Waals surface area contributed by atoms with Gasteiger partial charge in [-0.15, -0.1) is 0 Å². The summed E-state index contributed by atoms with van der Waals surface area (Å²) in [5.41, 5.74) is 0. The van der Waals surface area contributed by atoms with Crippen molar-refractivity contribution in [2.75, 3.05) is 0 Å². The highest BCUT2D eigenvalue weighted by molar-refractivity contribution is 7.13. The average Bonchev–Trinajstić information content (AvgIpc) is 0.679. The molecule has 90 heavy (non-hydrogen) atoms. The molecule has 6 fully saturated rings. The Morgan fingerprint density at radius 3 is 0.611 bits per heavy atom. The van der Waals surface area contributed by atoms with Gasteiger partial charge in [-0.05, 0) is 53.1 Å². The van der Waals surface area contributed by atoms with Crippen LogP contribution < -0.4 is 41.5 Å². The Morgan fingerprint density at radius 2 is 0.444 bits per heavy atom. The number of fused-ring (bicyclic) bond motifs is 4. The minimum atomic E-state index is -5.35. The van der Waals surface area contributed by atoms with Gasteiger partial charge in [0.2, 0.25) is 0 Å². The van der Waals surface area contributed by atoms with Crippen LogP contribution in [0.5, 0.6) is 0 Å². The summed E-state index contributed by atoms with van der Waals surface area (Å²) in [5, 5.41) is 3.56. The van der Waals surface area contributed by atoms with Crippen molar-refractivity contribution >= 4 is 156 Å². The summed E-state index contributed by atoms with van der Waals surface area (Å²) >= 11 is 0. The van der Waals surface area contributed by atoms with E-state index in [4.69, 9.17) is 74.4 Å². The summed E-state index contributed by atoms with van der Waals surface area (Å²) in [6, 6.07) is 76.2. The summed E-state index contributed by atoms with van der Waals surface area (Å²) in [4.78, 5) is 0. The molecule has 6 aliphatic heterocycles. The van der Waals surface area contributed by atoms with Gasteiger partial charge in [0.1, 0.15) is 0 Å². The molecule has 14 rings (SSSR count). The van der Waals surface area contributed by atoms with Crippen LogP contribution in [0.4, 0.5) is 0 Å². The molecule has 4 atom stereocenters. The van der Waals surface area contributed by atoms with E-state index in [2.05, 4.69) is 13.1 Å². The predicted molar refractivity (Wildman–Crippen MR) is 366 cm³/mol. The molecule has 4 unspecified atom stereocenters. The molecular weight excluding hydrogens is 1360 g/mol. The first-order chi connectivity index (χ1) is 43.0. The highest BCUT2D eigenvalue weighted by Crippen LogP contribution is 2.48. The maximum atomic E-state index is 8.59. The van der Waals surface area contributed by atoms with Crippen molar-refractivity contribution < 1.29 is 74.4 Å². The summed E-state index contributed by atoms with van der Waals surface area (Å²) in [5.74, 6) is 0. The first-order valence-corrected chi connectivity index (χ1v) is 56.7. The van der Waals surface area contributed by atoms with E-state index < -0.39 is 114 Å². The van der Waals surface area contributed by atoms with Crippen molar-refractivity contribution in [2.45, 2.75) is 72.3 Å². The van der Waals surface area contributed by atoms with Crippen LogP contribution in [0.3, 0.4) is 0 Å². The lowest BCUT2D eigenvalue weighted by atomic mass is 10.4. The highest BCUT2D eigenvalue weighted by atomic mass is 28.6. The number of benzene rings is 8. The van der Waals surface area contributed by atoms with Gasteiger partial charge >= 0.3 is 105 Å². The van der Waals surface area contributed by atoms with Gasteiger partial charge in [-0.1, -0.05) is 243 Å². The fourth-order valence-corrected chi connectivity index (χ4v) is 80.0. The Hall–Kier alpha value is -4.14. The number of hydrogen-bond acceptors (Lipinski definition) is 18. The second-order valence-corrected chi connectivity index (χ2v) is 62.8. The zero-order valence-electron chi connectivity index (χ0n) is 51.6. The molecule has 6 heterocycles. The van der Waals surface area contributed by atoms with Crippen LogP contribution in [0.2, 0.25) is 52.4 Å². The molecule has 0 spiro atoms.